The van der Waals surface area contributed by atoms with Crippen molar-refractivity contribution in [3.63, 3.8) is 0 Å². The van der Waals surface area contributed by atoms with Crippen molar-refractivity contribution in [3.8, 4) is 0 Å². The van der Waals surface area contributed by atoms with E-state index >= 15 is 0 Å². The van der Waals surface area contributed by atoms with Gasteiger partial charge in [0.2, 0.25) is 5.91 Å². The molecule has 0 aromatic carbocycles. The first-order chi connectivity index (χ1) is 15.0. The maximum atomic E-state index is 12.8. The van der Waals surface area contributed by atoms with E-state index in [4.69, 9.17) is 0 Å². The minimum atomic E-state index is -4.97. The SMILES string of the molecule is CCN1C(=O)C(=O)N(C(=O)NC(C(=O)NC2CN(S(=O)(=O)[O-])C2=O)c2cccs2)CC1C.[Na+]. The second kappa shape index (κ2) is 10.5. The van der Waals surface area contributed by atoms with Crippen LogP contribution in [0.5, 0.6) is 0 Å². The van der Waals surface area contributed by atoms with Crippen LogP contribution < -0.4 is 40.2 Å². The molecule has 2 aliphatic rings. The summed E-state index contributed by atoms with van der Waals surface area (Å²) in [5, 5.41) is 6.32. The summed E-state index contributed by atoms with van der Waals surface area (Å²) < 4.78 is 32.9. The van der Waals surface area contributed by atoms with Gasteiger partial charge >= 0.3 is 47.4 Å². The Morgan fingerprint density at radius 3 is 2.42 bits per heavy atom. The zero-order valence-corrected chi connectivity index (χ0v) is 21.6. The fourth-order valence-corrected chi connectivity index (χ4v) is 4.85. The summed E-state index contributed by atoms with van der Waals surface area (Å²) in [6.07, 6.45) is 0. The maximum absolute atomic E-state index is 12.8. The molecule has 6 amide bonds. The van der Waals surface area contributed by atoms with Crippen molar-refractivity contribution in [2.24, 2.45) is 0 Å². The van der Waals surface area contributed by atoms with Crippen molar-refractivity contribution in [3.05, 3.63) is 22.4 Å². The van der Waals surface area contributed by atoms with Gasteiger partial charge in [0.05, 0.1) is 13.1 Å². The van der Waals surface area contributed by atoms with E-state index in [0.717, 1.165) is 11.3 Å². The van der Waals surface area contributed by atoms with Crippen molar-refractivity contribution >= 4 is 51.3 Å². The summed E-state index contributed by atoms with van der Waals surface area (Å²) in [6.45, 7) is 3.09. The third-order valence-corrected chi connectivity index (χ3v) is 6.90. The molecule has 3 atom stereocenters. The van der Waals surface area contributed by atoms with Gasteiger partial charge in [-0.05, 0) is 25.3 Å². The second-order valence-corrected chi connectivity index (χ2v) is 9.42. The average molecular weight is 509 g/mol. The molecule has 1 aromatic rings. The van der Waals surface area contributed by atoms with Crippen LogP contribution in [-0.4, -0.2) is 88.5 Å². The van der Waals surface area contributed by atoms with Gasteiger partial charge in [0.1, 0.15) is 12.1 Å². The van der Waals surface area contributed by atoms with Gasteiger partial charge in [-0.3, -0.25) is 24.1 Å². The zero-order valence-electron chi connectivity index (χ0n) is 18.0. The van der Waals surface area contributed by atoms with Crippen molar-refractivity contribution < 1.29 is 66.5 Å². The normalized spacial score (nSPS) is 21.8. The van der Waals surface area contributed by atoms with Crippen LogP contribution in [0.2, 0.25) is 0 Å². The van der Waals surface area contributed by atoms with Crippen LogP contribution in [0.15, 0.2) is 17.5 Å². The number of carbonyl (C=O) groups is 5. The molecule has 2 fully saturated rings. The molecule has 0 spiro atoms. The number of imide groups is 1. The van der Waals surface area contributed by atoms with E-state index in [1.807, 2.05) is 0 Å². The quantitative estimate of drug-likeness (QED) is 0.166. The minimum Gasteiger partial charge on any atom is -0.731 e. The van der Waals surface area contributed by atoms with Crippen LogP contribution in [-0.2, 0) is 29.5 Å². The summed E-state index contributed by atoms with van der Waals surface area (Å²) in [7, 11) is -4.97. The topological polar surface area (TPSA) is 176 Å². The van der Waals surface area contributed by atoms with E-state index < -0.39 is 64.6 Å². The number of nitrogens with one attached hydrogen (secondary N) is 2. The molecule has 2 aliphatic heterocycles. The number of carbonyl (C=O) groups excluding carboxylic acids is 5. The van der Waals surface area contributed by atoms with Crippen LogP contribution in [0.1, 0.15) is 24.8 Å². The third kappa shape index (κ3) is 5.55. The number of hydrogen-bond acceptors (Lipinski definition) is 9. The van der Waals surface area contributed by atoms with Gasteiger partial charge in [-0.2, -0.15) is 0 Å². The number of amides is 6. The summed E-state index contributed by atoms with van der Waals surface area (Å²) in [4.78, 5) is 64.4. The molecule has 3 unspecified atom stereocenters. The molecule has 0 aliphatic carbocycles. The van der Waals surface area contributed by atoms with Crippen molar-refractivity contribution in [1.82, 2.24) is 24.7 Å². The Morgan fingerprint density at radius 2 is 1.91 bits per heavy atom. The Morgan fingerprint density at radius 1 is 1.24 bits per heavy atom. The van der Waals surface area contributed by atoms with Gasteiger partial charge in [-0.15, -0.1) is 11.3 Å². The van der Waals surface area contributed by atoms with E-state index in [1.54, 1.807) is 25.3 Å². The Bertz CT molecular complexity index is 1060. The molecule has 2 saturated heterocycles. The maximum Gasteiger partial charge on any atom is 1.00 e. The molecule has 16 heteroatoms. The molecule has 3 rings (SSSR count). The smallest absolute Gasteiger partial charge is 0.731 e. The van der Waals surface area contributed by atoms with Crippen LogP contribution >= 0.6 is 11.3 Å². The van der Waals surface area contributed by atoms with Crippen LogP contribution in [0.3, 0.4) is 0 Å². The number of urea groups is 1. The Balaban J connectivity index is 0.00000385. The fourth-order valence-electron chi connectivity index (χ4n) is 3.40. The molecule has 0 saturated carbocycles. The Kier molecular flexibility index (Phi) is 8.64. The van der Waals surface area contributed by atoms with Gasteiger partial charge in [0.25, 0.3) is 5.91 Å². The Hall–Kier alpha value is -2.04. The molecule has 1 aromatic heterocycles. The van der Waals surface area contributed by atoms with E-state index in [9.17, 15) is 36.9 Å². The van der Waals surface area contributed by atoms with Gasteiger partial charge in [-0.25, -0.2) is 17.5 Å². The standard InChI is InChI=1S/C17H21N5O8S2.Na/c1-3-20-9(2)7-21(16(26)15(20)25)17(27)19-12(11-5-4-6-31-11)13(23)18-10-8-22(14(10)24)32(28,29)30;/h4-6,9-10,12H,3,7-8H2,1-2H3,(H,18,23)(H,19,27)(H,28,29,30);/q;+1/p-1. The number of nitrogens with zero attached hydrogens (tertiary/aromatic N) is 3. The fraction of sp³-hybridized carbons (Fsp3) is 0.471. The molecule has 174 valence electrons. The number of likely N-dealkylation sites (N-methyl/N-ethyl adjacent to an activating group) is 1. The number of hydrogen-bond donors (Lipinski definition) is 2. The van der Waals surface area contributed by atoms with Crippen molar-refractivity contribution in [1.29, 1.82) is 0 Å². The first-order valence-corrected chi connectivity index (χ1v) is 11.7. The van der Waals surface area contributed by atoms with E-state index in [-0.39, 0.29) is 40.4 Å². The predicted molar refractivity (Wildman–Crippen MR) is 107 cm³/mol. The van der Waals surface area contributed by atoms with Gasteiger partial charge in [0, 0.05) is 17.5 Å². The van der Waals surface area contributed by atoms with Crippen molar-refractivity contribution in [2.45, 2.75) is 32.0 Å². The molecule has 3 heterocycles. The monoisotopic (exact) mass is 509 g/mol. The molecule has 33 heavy (non-hydrogen) atoms. The van der Waals surface area contributed by atoms with Gasteiger partial charge < -0.3 is 20.1 Å². The van der Waals surface area contributed by atoms with Gasteiger partial charge in [0.15, 0.2) is 10.3 Å². The Labute approximate surface area is 215 Å². The molecule has 0 radical (unpaired) electrons. The molecule has 0 bridgehead atoms. The summed E-state index contributed by atoms with van der Waals surface area (Å²) >= 11 is 1.12. The predicted octanol–water partition coefficient (Wildman–Crippen LogP) is -4.63. The number of piperazine rings is 1. The number of β-lactam (4-membered cyclic amide) rings is 1. The average Bonchev–Trinajstić information content (AvgIpc) is 3.24. The minimum absolute atomic E-state index is 0. The first kappa shape index (κ1) is 27.2. The van der Waals surface area contributed by atoms with E-state index in [2.05, 4.69) is 10.6 Å². The molecular formula is C17H20N5NaO8S2. The first-order valence-electron chi connectivity index (χ1n) is 9.49. The van der Waals surface area contributed by atoms with Crippen LogP contribution in [0.25, 0.3) is 0 Å². The van der Waals surface area contributed by atoms with Gasteiger partial charge in [-0.1, -0.05) is 6.07 Å². The molecule has 13 nitrogen and oxygen atoms in total. The molecule has 2 N–H and O–H groups in total. The summed E-state index contributed by atoms with van der Waals surface area (Å²) in [5.74, 6) is -3.80. The van der Waals surface area contributed by atoms with E-state index in [0.29, 0.717) is 16.3 Å². The largest absolute Gasteiger partial charge is 1.00 e. The van der Waals surface area contributed by atoms with Crippen molar-refractivity contribution in [2.75, 3.05) is 19.6 Å². The third-order valence-electron chi connectivity index (χ3n) is 5.09. The van der Waals surface area contributed by atoms with E-state index in [1.165, 1.54) is 11.0 Å². The van der Waals surface area contributed by atoms with Crippen LogP contribution in [0, 0.1) is 0 Å². The zero-order chi connectivity index (χ0) is 23.8. The molecular weight excluding hydrogens is 489 g/mol. The number of thiophene rings is 1. The summed E-state index contributed by atoms with van der Waals surface area (Å²) in [5.41, 5.74) is 0. The summed E-state index contributed by atoms with van der Waals surface area (Å²) in [6, 6.07) is -0.807. The number of rotatable bonds is 6. The second-order valence-electron chi connectivity index (χ2n) is 7.14. The van der Waals surface area contributed by atoms with Crippen LogP contribution in [0.4, 0.5) is 4.79 Å².